The van der Waals surface area contributed by atoms with Gasteiger partial charge in [-0.2, -0.15) is 0 Å². The van der Waals surface area contributed by atoms with Gasteiger partial charge in [0.05, 0.1) is 30.5 Å². The maximum absolute atomic E-state index is 12.4. The first kappa shape index (κ1) is 13.3. The fourth-order valence-electron chi connectivity index (χ4n) is 2.10. The van der Waals surface area contributed by atoms with Crippen LogP contribution in [0.5, 0.6) is 0 Å². The van der Waals surface area contributed by atoms with Crippen molar-refractivity contribution < 1.29 is 14.6 Å². The molecule has 1 N–H and O–H groups in total. The van der Waals surface area contributed by atoms with Crippen LogP contribution in [-0.2, 0) is 4.74 Å². The van der Waals surface area contributed by atoms with Crippen LogP contribution in [0.2, 0.25) is 5.02 Å². The lowest BCUT2D eigenvalue weighted by Gasteiger charge is -2.19. The summed E-state index contributed by atoms with van der Waals surface area (Å²) in [5.74, 6) is 0.153. The SMILES string of the molecule is O=C(c1cn2cc(Cl)cnc2n1)N1CCOCC(O)C1. The van der Waals surface area contributed by atoms with Crippen molar-refractivity contribution in [2.75, 3.05) is 26.3 Å². The molecule has 1 unspecified atom stereocenters. The Kier molecular flexibility index (Phi) is 3.56. The molecule has 8 heteroatoms. The zero-order valence-electron chi connectivity index (χ0n) is 10.6. The van der Waals surface area contributed by atoms with E-state index in [9.17, 15) is 9.90 Å². The minimum Gasteiger partial charge on any atom is -0.389 e. The molecule has 0 radical (unpaired) electrons. The van der Waals surface area contributed by atoms with E-state index in [1.54, 1.807) is 16.8 Å². The summed E-state index contributed by atoms with van der Waals surface area (Å²) in [6.45, 7) is 1.31. The molecule has 1 saturated heterocycles. The number of halogens is 1. The Hall–Kier alpha value is -1.70. The summed E-state index contributed by atoms with van der Waals surface area (Å²) in [6, 6.07) is 0. The van der Waals surface area contributed by atoms with Crippen molar-refractivity contribution in [1.82, 2.24) is 19.3 Å². The summed E-state index contributed by atoms with van der Waals surface area (Å²) in [5.41, 5.74) is 0.272. The normalized spacial score (nSPS) is 20.1. The van der Waals surface area contributed by atoms with E-state index in [0.717, 1.165) is 0 Å². The van der Waals surface area contributed by atoms with Crippen molar-refractivity contribution in [3.63, 3.8) is 0 Å². The van der Waals surface area contributed by atoms with Crippen LogP contribution in [0, 0.1) is 0 Å². The molecule has 3 rings (SSSR count). The highest BCUT2D eigenvalue weighted by molar-refractivity contribution is 6.30. The van der Waals surface area contributed by atoms with Gasteiger partial charge < -0.3 is 14.7 Å². The molecule has 3 heterocycles. The number of aromatic nitrogens is 3. The van der Waals surface area contributed by atoms with Crippen LogP contribution in [0.25, 0.3) is 5.78 Å². The molecule has 0 aliphatic carbocycles. The van der Waals surface area contributed by atoms with Gasteiger partial charge in [-0.05, 0) is 0 Å². The molecule has 20 heavy (non-hydrogen) atoms. The number of ether oxygens (including phenoxy) is 1. The Morgan fingerprint density at radius 2 is 2.35 bits per heavy atom. The first-order valence-corrected chi connectivity index (χ1v) is 6.56. The van der Waals surface area contributed by atoms with E-state index in [-0.39, 0.29) is 24.8 Å². The largest absolute Gasteiger partial charge is 0.389 e. The topological polar surface area (TPSA) is 80.0 Å². The molecule has 1 atom stereocenters. The number of fused-ring (bicyclic) bond motifs is 1. The van der Waals surface area contributed by atoms with Gasteiger partial charge >= 0.3 is 0 Å². The molecule has 1 aliphatic heterocycles. The minimum absolute atomic E-state index is 0.237. The van der Waals surface area contributed by atoms with E-state index in [2.05, 4.69) is 9.97 Å². The second-order valence-corrected chi connectivity index (χ2v) is 5.02. The number of hydrogen-bond donors (Lipinski definition) is 1. The summed E-state index contributed by atoms with van der Waals surface area (Å²) in [4.78, 5) is 22.1. The number of imidazole rings is 1. The summed E-state index contributed by atoms with van der Waals surface area (Å²) in [7, 11) is 0. The van der Waals surface area contributed by atoms with Gasteiger partial charge in [0.25, 0.3) is 5.91 Å². The Morgan fingerprint density at radius 3 is 3.20 bits per heavy atom. The second kappa shape index (κ2) is 5.35. The van der Waals surface area contributed by atoms with Gasteiger partial charge in [-0.3, -0.25) is 9.20 Å². The van der Waals surface area contributed by atoms with Gasteiger partial charge in [-0.1, -0.05) is 11.6 Å². The second-order valence-electron chi connectivity index (χ2n) is 4.59. The number of amides is 1. The Balaban J connectivity index is 1.87. The maximum Gasteiger partial charge on any atom is 0.274 e. The summed E-state index contributed by atoms with van der Waals surface area (Å²) in [6.07, 6.45) is 4.01. The van der Waals surface area contributed by atoms with E-state index in [0.29, 0.717) is 24.0 Å². The van der Waals surface area contributed by atoms with Gasteiger partial charge in [0, 0.05) is 25.5 Å². The van der Waals surface area contributed by atoms with Gasteiger partial charge in [0.15, 0.2) is 0 Å². The van der Waals surface area contributed by atoms with E-state index in [1.165, 1.54) is 11.1 Å². The Bertz CT molecular complexity index is 645. The van der Waals surface area contributed by atoms with Crippen LogP contribution in [0.4, 0.5) is 0 Å². The predicted octanol–water partition coefficient (Wildman–Crippen LogP) is 0.216. The lowest BCUT2D eigenvalue weighted by atomic mass is 10.3. The number of rotatable bonds is 1. The third kappa shape index (κ3) is 2.60. The van der Waals surface area contributed by atoms with E-state index in [1.807, 2.05) is 0 Å². The van der Waals surface area contributed by atoms with E-state index in [4.69, 9.17) is 16.3 Å². The molecular formula is C12H13ClN4O3. The van der Waals surface area contributed by atoms with Crippen LogP contribution in [0.3, 0.4) is 0 Å². The number of carbonyl (C=O) groups excluding carboxylic acids is 1. The number of aliphatic hydroxyl groups excluding tert-OH is 1. The average molecular weight is 297 g/mol. The molecule has 2 aromatic heterocycles. The molecule has 0 aromatic carbocycles. The number of carbonyl (C=O) groups is 1. The van der Waals surface area contributed by atoms with Crippen molar-refractivity contribution in [1.29, 1.82) is 0 Å². The van der Waals surface area contributed by atoms with Gasteiger partial charge in [-0.25, -0.2) is 9.97 Å². The third-order valence-corrected chi connectivity index (χ3v) is 3.23. The molecule has 7 nitrogen and oxygen atoms in total. The molecule has 0 saturated carbocycles. The molecule has 0 bridgehead atoms. The highest BCUT2D eigenvalue weighted by atomic mass is 35.5. The Morgan fingerprint density at radius 1 is 1.50 bits per heavy atom. The zero-order chi connectivity index (χ0) is 14.1. The van der Waals surface area contributed by atoms with Gasteiger partial charge in [0.1, 0.15) is 5.69 Å². The molecule has 0 spiro atoms. The summed E-state index contributed by atoms with van der Waals surface area (Å²) in [5, 5.41) is 10.1. The standard InChI is InChI=1S/C12H13ClN4O3/c13-8-3-14-12-15-10(6-17(12)4-8)11(19)16-1-2-20-7-9(18)5-16/h3-4,6,9,18H,1-2,5,7H2. The first-order chi connectivity index (χ1) is 9.63. The fourth-order valence-corrected chi connectivity index (χ4v) is 2.26. The smallest absolute Gasteiger partial charge is 0.274 e. The predicted molar refractivity (Wildman–Crippen MR) is 70.7 cm³/mol. The molecule has 2 aromatic rings. The van der Waals surface area contributed by atoms with Crippen molar-refractivity contribution in [2.45, 2.75) is 6.10 Å². The number of aliphatic hydroxyl groups is 1. The highest BCUT2D eigenvalue weighted by Gasteiger charge is 2.24. The van der Waals surface area contributed by atoms with Crippen LogP contribution in [0.15, 0.2) is 18.6 Å². The van der Waals surface area contributed by atoms with E-state index >= 15 is 0 Å². The van der Waals surface area contributed by atoms with Crippen LogP contribution in [-0.4, -0.2) is 62.7 Å². The van der Waals surface area contributed by atoms with Crippen molar-refractivity contribution in [2.24, 2.45) is 0 Å². The van der Waals surface area contributed by atoms with Crippen molar-refractivity contribution >= 4 is 23.3 Å². The van der Waals surface area contributed by atoms with Crippen molar-refractivity contribution in [3.05, 3.63) is 29.3 Å². The summed E-state index contributed by atoms with van der Waals surface area (Å²) >= 11 is 5.84. The fraction of sp³-hybridized carbons (Fsp3) is 0.417. The lowest BCUT2D eigenvalue weighted by Crippen LogP contribution is -2.37. The molecule has 1 amide bonds. The van der Waals surface area contributed by atoms with Crippen LogP contribution >= 0.6 is 11.6 Å². The Labute approximate surface area is 119 Å². The molecule has 1 aliphatic rings. The summed E-state index contributed by atoms with van der Waals surface area (Å²) < 4.78 is 6.80. The van der Waals surface area contributed by atoms with Crippen LogP contribution in [0.1, 0.15) is 10.5 Å². The first-order valence-electron chi connectivity index (χ1n) is 6.19. The minimum atomic E-state index is -0.675. The number of hydrogen-bond acceptors (Lipinski definition) is 5. The monoisotopic (exact) mass is 296 g/mol. The molecule has 106 valence electrons. The molecular weight excluding hydrogens is 284 g/mol. The maximum atomic E-state index is 12.4. The number of β-amino-alcohol motifs (C(OH)–C–C–N with tert-alkyl or cyclic N) is 1. The quantitative estimate of drug-likeness (QED) is 0.814. The lowest BCUT2D eigenvalue weighted by molar-refractivity contribution is 0.0533. The highest BCUT2D eigenvalue weighted by Crippen LogP contribution is 2.11. The average Bonchev–Trinajstić information content (AvgIpc) is 2.71. The molecule has 1 fully saturated rings. The van der Waals surface area contributed by atoms with Crippen molar-refractivity contribution in [3.8, 4) is 0 Å². The van der Waals surface area contributed by atoms with Gasteiger partial charge in [-0.15, -0.1) is 0 Å². The number of nitrogens with zero attached hydrogens (tertiary/aromatic N) is 4. The van der Waals surface area contributed by atoms with Crippen LogP contribution < -0.4 is 0 Å². The third-order valence-electron chi connectivity index (χ3n) is 3.03. The van der Waals surface area contributed by atoms with E-state index < -0.39 is 6.10 Å². The zero-order valence-corrected chi connectivity index (χ0v) is 11.3. The van der Waals surface area contributed by atoms with Gasteiger partial charge in [0.2, 0.25) is 5.78 Å².